The summed E-state index contributed by atoms with van der Waals surface area (Å²) in [6.45, 7) is 23.4. The molecule has 0 amide bonds. The summed E-state index contributed by atoms with van der Waals surface area (Å²) in [7, 11) is 0. The molecule has 25 heavy (non-hydrogen) atoms. The maximum absolute atomic E-state index is 4.57. The maximum Gasteiger partial charge on any atom is 0.0835 e. The number of aliphatic imine (C=N–C) groups is 1. The number of thioether (sulfide) groups is 1. The number of allylic oxidation sites excluding steroid dienone is 4. The van der Waals surface area contributed by atoms with Gasteiger partial charge in [-0.2, -0.15) is 0 Å². The summed E-state index contributed by atoms with van der Waals surface area (Å²) >= 11 is 1.42. The Bertz CT molecular complexity index is 886. The van der Waals surface area contributed by atoms with E-state index in [1.165, 1.54) is 11.8 Å². The molecule has 0 saturated heterocycles. The van der Waals surface area contributed by atoms with Gasteiger partial charge in [0.15, 0.2) is 0 Å². The Balaban J connectivity index is 3.60. The van der Waals surface area contributed by atoms with Crippen molar-refractivity contribution in [2.24, 2.45) is 4.99 Å². The first-order valence-corrected chi connectivity index (χ1v) is 8.51. The van der Waals surface area contributed by atoms with Gasteiger partial charge in [0.2, 0.25) is 0 Å². The van der Waals surface area contributed by atoms with Gasteiger partial charge in [-0.05, 0) is 33.6 Å². The van der Waals surface area contributed by atoms with Crippen molar-refractivity contribution in [1.29, 1.82) is 0 Å². The lowest BCUT2D eigenvalue weighted by atomic mass is 10.1. The van der Waals surface area contributed by atoms with Crippen molar-refractivity contribution in [2.75, 3.05) is 0 Å². The highest BCUT2D eigenvalue weighted by Gasteiger charge is 2.06. The van der Waals surface area contributed by atoms with E-state index in [0.717, 1.165) is 32.2 Å². The van der Waals surface area contributed by atoms with Crippen LogP contribution in [-0.2, 0) is 0 Å². The van der Waals surface area contributed by atoms with Crippen molar-refractivity contribution < 1.29 is 0 Å². The third-order valence-corrected chi connectivity index (χ3v) is 3.71. The quantitative estimate of drug-likeness (QED) is 0.496. The highest BCUT2D eigenvalue weighted by molar-refractivity contribution is 8.06. The largest absolute Gasteiger partial charge is 0.255 e. The first-order chi connectivity index (χ1) is 12.0. The molecule has 1 aromatic carbocycles. The van der Waals surface area contributed by atoms with Gasteiger partial charge in [0.1, 0.15) is 0 Å². The van der Waals surface area contributed by atoms with Gasteiger partial charge in [0.05, 0.1) is 5.71 Å². The lowest BCUT2D eigenvalue weighted by Gasteiger charge is -2.06. The fourth-order valence-corrected chi connectivity index (χ4v) is 2.28. The van der Waals surface area contributed by atoms with Crippen LogP contribution in [0.3, 0.4) is 0 Å². The van der Waals surface area contributed by atoms with Gasteiger partial charge < -0.3 is 0 Å². The molecule has 1 aromatic rings. The van der Waals surface area contributed by atoms with E-state index in [9.17, 15) is 0 Å². The van der Waals surface area contributed by atoms with E-state index in [1.807, 2.05) is 42.5 Å². The molecule has 0 aromatic heterocycles. The van der Waals surface area contributed by atoms with E-state index in [-0.39, 0.29) is 0 Å². The van der Waals surface area contributed by atoms with Gasteiger partial charge in [-0.15, -0.1) is 0 Å². The molecule has 0 atom stereocenters. The summed E-state index contributed by atoms with van der Waals surface area (Å²) in [5, 5.41) is 3.48. The minimum Gasteiger partial charge on any atom is -0.255 e. The van der Waals surface area contributed by atoms with Gasteiger partial charge in [0.25, 0.3) is 0 Å². The third kappa shape index (κ3) is 7.51. The average molecular weight is 346 g/mol. The van der Waals surface area contributed by atoms with Crippen LogP contribution in [0.4, 0.5) is 0 Å². The minimum atomic E-state index is 0.737. The molecular formula is C23H23NS. The van der Waals surface area contributed by atoms with E-state index < -0.39 is 0 Å². The van der Waals surface area contributed by atoms with Gasteiger partial charge >= 0.3 is 0 Å². The van der Waals surface area contributed by atoms with Crippen molar-refractivity contribution in [1.82, 2.24) is 0 Å². The van der Waals surface area contributed by atoms with E-state index in [4.69, 9.17) is 0 Å². The zero-order valence-corrected chi connectivity index (χ0v) is 15.3. The second kappa shape index (κ2) is 10.8. The Labute approximate surface area is 154 Å². The van der Waals surface area contributed by atoms with Crippen LogP contribution in [-0.4, -0.2) is 5.71 Å². The van der Waals surface area contributed by atoms with Crippen LogP contribution in [0.1, 0.15) is 5.56 Å². The molecule has 0 fully saturated rings. The second-order valence-electron chi connectivity index (χ2n) is 5.08. The summed E-state index contributed by atoms with van der Waals surface area (Å²) in [6.07, 6.45) is 5.15. The monoisotopic (exact) mass is 345 g/mol. The molecule has 126 valence electrons. The summed E-state index contributed by atoms with van der Waals surface area (Å²) < 4.78 is 0. The topological polar surface area (TPSA) is 12.4 Å². The number of rotatable bonds is 7. The normalized spacial score (nSPS) is 10.8. The average Bonchev–Trinajstić information content (AvgIpc) is 2.59. The highest BCUT2D eigenvalue weighted by Crippen LogP contribution is 2.19. The van der Waals surface area contributed by atoms with Crippen LogP contribution in [0.5, 0.6) is 0 Å². The Morgan fingerprint density at radius 1 is 0.960 bits per heavy atom. The number of nitrogens with zero attached hydrogens (tertiary/aromatic N) is 1. The molecular weight excluding hydrogens is 322 g/mol. The molecule has 0 aliphatic carbocycles. The smallest absolute Gasteiger partial charge is 0.0835 e. The van der Waals surface area contributed by atoms with Crippen molar-refractivity contribution in [3.8, 4) is 0 Å². The lowest BCUT2D eigenvalue weighted by molar-refractivity contribution is 1.51. The molecule has 0 heterocycles. The van der Waals surface area contributed by atoms with Crippen LogP contribution >= 0.6 is 11.8 Å². The molecule has 0 saturated carbocycles. The molecule has 0 unspecified atom stereocenters. The summed E-state index contributed by atoms with van der Waals surface area (Å²) in [6, 6.07) is 13.6. The van der Waals surface area contributed by atoms with Crippen molar-refractivity contribution in [2.45, 2.75) is 0 Å². The maximum atomic E-state index is 4.57. The summed E-state index contributed by atoms with van der Waals surface area (Å²) in [4.78, 5) is 5.35. The minimum absolute atomic E-state index is 0.737. The van der Waals surface area contributed by atoms with Gasteiger partial charge in [-0.1, -0.05) is 93.7 Å². The lowest BCUT2D eigenvalue weighted by Crippen LogP contribution is -2.05. The molecule has 0 radical (unpaired) electrons. The predicted molar refractivity (Wildman–Crippen MR) is 116 cm³/mol. The summed E-state index contributed by atoms with van der Waals surface area (Å²) in [5.74, 6) is 0. The van der Waals surface area contributed by atoms with E-state index in [0.29, 0.717) is 0 Å². The van der Waals surface area contributed by atoms with E-state index in [1.54, 1.807) is 23.8 Å². The van der Waals surface area contributed by atoms with Crippen molar-refractivity contribution in [3.05, 3.63) is 119 Å². The predicted octanol–water partition coefficient (Wildman–Crippen LogP) is 5.07. The molecule has 0 spiro atoms. The standard InChI is InChI=1S/C23H23NS/c1-7-18(3)15-16-24-23(21(6)25-8-2)22-14-13-19(4)11-9-10-12-20(5)17-22/h7-17H,1-6H2/b11-9?,12-10?,14-13?,16-15-,22-17?,24-23+. The van der Waals surface area contributed by atoms with Crippen LogP contribution in [0, 0.1) is 0 Å². The first-order valence-electron chi connectivity index (χ1n) is 7.63. The van der Waals surface area contributed by atoms with Crippen molar-refractivity contribution in [3.63, 3.8) is 0 Å². The Hall–Kier alpha value is -2.84. The fraction of sp³-hybridized carbons (Fsp3) is 0. The SMILES string of the molecule is C=CSC(=C)/C(=N\C=C/C(=C)C=C)c1ccc(=C)ccccc(=C)c1. The van der Waals surface area contributed by atoms with Gasteiger partial charge in [-0.3, -0.25) is 4.99 Å². The number of hydrogen-bond acceptors (Lipinski definition) is 2. The Morgan fingerprint density at radius 3 is 2.28 bits per heavy atom. The molecule has 0 aliphatic heterocycles. The molecule has 0 N–H and O–H groups in total. The Morgan fingerprint density at radius 2 is 1.64 bits per heavy atom. The first kappa shape index (κ1) is 20.2. The molecule has 0 aliphatic rings. The molecule has 0 bridgehead atoms. The third-order valence-electron chi connectivity index (χ3n) is 3.07. The zero-order valence-electron chi connectivity index (χ0n) is 14.4. The number of hydrogen-bond donors (Lipinski definition) is 0. The van der Waals surface area contributed by atoms with Gasteiger partial charge in [-0.25, -0.2) is 0 Å². The van der Waals surface area contributed by atoms with Crippen LogP contribution in [0.2, 0.25) is 0 Å². The second-order valence-corrected chi connectivity index (χ2v) is 6.14. The molecule has 1 nitrogen and oxygen atoms in total. The fourth-order valence-electron chi connectivity index (χ4n) is 1.79. The summed E-state index contributed by atoms with van der Waals surface area (Å²) in [5.41, 5.74) is 2.41. The van der Waals surface area contributed by atoms with Crippen LogP contribution in [0.15, 0.2) is 108 Å². The molecule has 1 rings (SSSR count). The highest BCUT2D eigenvalue weighted by atomic mass is 32.2. The molecule has 2 heteroatoms. The van der Waals surface area contributed by atoms with Crippen molar-refractivity contribution >= 4 is 30.6 Å². The zero-order chi connectivity index (χ0) is 18.7. The Kier molecular flexibility index (Phi) is 8.77. The van der Waals surface area contributed by atoms with E-state index in [2.05, 4.69) is 44.5 Å². The van der Waals surface area contributed by atoms with E-state index >= 15 is 0 Å². The van der Waals surface area contributed by atoms with Crippen LogP contribution < -0.4 is 10.4 Å². The van der Waals surface area contributed by atoms with Crippen LogP contribution in [0.25, 0.3) is 13.2 Å². The van der Waals surface area contributed by atoms with Gasteiger partial charge in [0, 0.05) is 16.7 Å².